The molecule has 0 atom stereocenters. The molecule has 0 spiro atoms. The van der Waals surface area contributed by atoms with Crippen molar-refractivity contribution in [1.82, 2.24) is 10.0 Å². The molecule has 0 saturated heterocycles. The van der Waals surface area contributed by atoms with E-state index in [2.05, 4.69) is 0 Å². The average molecular weight is 515 g/mol. The Balaban J connectivity index is 1.87. The monoisotopic (exact) mass is 514 g/mol. The largest absolute Gasteiger partial charge is 0.287 e. The summed E-state index contributed by atoms with van der Waals surface area (Å²) in [5.74, 6) is -3.07. The molecular weight excluding hydrogens is 503 g/mol. The van der Waals surface area contributed by atoms with E-state index in [0.717, 1.165) is 12.1 Å². The number of nitrogens with zero attached hydrogens (tertiary/aromatic N) is 4. The van der Waals surface area contributed by atoms with E-state index in [1.807, 2.05) is 0 Å². The first-order valence-corrected chi connectivity index (χ1v) is 10.5. The molecule has 4 rings (SSSR count). The van der Waals surface area contributed by atoms with E-state index >= 15 is 0 Å². The lowest BCUT2D eigenvalue weighted by Crippen LogP contribution is -2.49. The van der Waals surface area contributed by atoms with Crippen LogP contribution in [0.3, 0.4) is 0 Å². The molecule has 1 heterocycles. The first-order valence-electron chi connectivity index (χ1n) is 9.77. The van der Waals surface area contributed by atoms with Gasteiger partial charge in [-0.3, -0.25) is 34.6 Å². The molecule has 0 aromatic heterocycles. The van der Waals surface area contributed by atoms with Crippen LogP contribution in [0.15, 0.2) is 60.7 Å². The van der Waals surface area contributed by atoms with Gasteiger partial charge in [-0.15, -0.1) is 0 Å². The zero-order valence-corrected chi connectivity index (χ0v) is 18.9. The van der Waals surface area contributed by atoms with E-state index in [-0.39, 0.29) is 26.7 Å². The molecule has 1 aliphatic heterocycles. The van der Waals surface area contributed by atoms with E-state index in [1.54, 1.807) is 6.07 Å². The van der Waals surface area contributed by atoms with Crippen LogP contribution < -0.4 is 0 Å². The van der Waals surface area contributed by atoms with Crippen LogP contribution >= 0.6 is 23.2 Å². The van der Waals surface area contributed by atoms with Gasteiger partial charge in [-0.25, -0.2) is 5.01 Å². The number of hydrazine groups is 1. The summed E-state index contributed by atoms with van der Waals surface area (Å²) in [6.07, 6.45) is 0. The second-order valence-corrected chi connectivity index (χ2v) is 8.10. The Kier molecular flexibility index (Phi) is 6.20. The van der Waals surface area contributed by atoms with Crippen molar-refractivity contribution in [2.45, 2.75) is 6.54 Å². The van der Waals surface area contributed by atoms with Crippen LogP contribution in [0.5, 0.6) is 0 Å². The molecule has 11 nitrogen and oxygen atoms in total. The Morgan fingerprint density at radius 2 is 1.57 bits per heavy atom. The SMILES string of the molecule is O=C(c1ccccc1Cl)N(Cc1ccc(Cl)cc1[N+](=O)[O-])N1C(=O)c2cccc([N+](=O)[O-])c2C1=O. The number of amides is 3. The number of hydrogen-bond donors (Lipinski definition) is 0. The Labute approximate surface area is 206 Å². The Morgan fingerprint density at radius 3 is 2.23 bits per heavy atom. The molecule has 0 fully saturated rings. The summed E-state index contributed by atoms with van der Waals surface area (Å²) < 4.78 is 0. The van der Waals surface area contributed by atoms with Crippen molar-refractivity contribution in [2.75, 3.05) is 0 Å². The maximum atomic E-state index is 13.5. The Bertz CT molecular complexity index is 1440. The highest BCUT2D eigenvalue weighted by Crippen LogP contribution is 2.34. The molecule has 1 aliphatic rings. The molecule has 3 amide bonds. The third kappa shape index (κ3) is 4.18. The molecule has 0 radical (unpaired) electrons. The Hall–Kier alpha value is -4.35. The quantitative estimate of drug-likeness (QED) is 0.264. The van der Waals surface area contributed by atoms with Crippen molar-refractivity contribution in [3.05, 3.63) is 113 Å². The lowest BCUT2D eigenvalue weighted by Gasteiger charge is -2.30. The minimum atomic E-state index is -1.13. The van der Waals surface area contributed by atoms with Gasteiger partial charge in [0.25, 0.3) is 29.1 Å². The van der Waals surface area contributed by atoms with Crippen molar-refractivity contribution in [3.63, 3.8) is 0 Å². The van der Waals surface area contributed by atoms with Crippen LogP contribution in [0.1, 0.15) is 36.6 Å². The Morgan fingerprint density at radius 1 is 0.886 bits per heavy atom. The number of nitro benzene ring substituents is 2. The number of halogens is 2. The number of nitro groups is 2. The van der Waals surface area contributed by atoms with Gasteiger partial charge in [-0.2, -0.15) is 5.01 Å². The molecule has 0 saturated carbocycles. The molecule has 3 aromatic rings. The first kappa shape index (κ1) is 23.8. The number of rotatable bonds is 6. The minimum absolute atomic E-state index is 0.00399. The molecule has 3 aromatic carbocycles. The second-order valence-electron chi connectivity index (χ2n) is 7.25. The normalized spacial score (nSPS) is 12.5. The van der Waals surface area contributed by atoms with Gasteiger partial charge in [0.05, 0.1) is 38.1 Å². The van der Waals surface area contributed by atoms with E-state index in [4.69, 9.17) is 23.2 Å². The fraction of sp³-hybridized carbons (Fsp3) is 0.0455. The zero-order valence-electron chi connectivity index (χ0n) is 17.4. The third-order valence-electron chi connectivity index (χ3n) is 5.21. The van der Waals surface area contributed by atoms with E-state index < -0.39 is 51.1 Å². The van der Waals surface area contributed by atoms with Crippen molar-refractivity contribution >= 4 is 52.3 Å². The highest BCUT2D eigenvalue weighted by Gasteiger charge is 2.46. The first-order chi connectivity index (χ1) is 16.6. The molecule has 35 heavy (non-hydrogen) atoms. The van der Waals surface area contributed by atoms with Crippen molar-refractivity contribution in [3.8, 4) is 0 Å². The highest BCUT2D eigenvalue weighted by atomic mass is 35.5. The van der Waals surface area contributed by atoms with E-state index in [9.17, 15) is 34.6 Å². The lowest BCUT2D eigenvalue weighted by atomic mass is 10.1. The smallest absolute Gasteiger partial charge is 0.267 e. The summed E-state index contributed by atoms with van der Waals surface area (Å²) in [7, 11) is 0. The van der Waals surface area contributed by atoms with Crippen molar-refractivity contribution in [1.29, 1.82) is 0 Å². The van der Waals surface area contributed by atoms with Gasteiger partial charge in [-0.05, 0) is 30.3 Å². The van der Waals surface area contributed by atoms with Crippen molar-refractivity contribution < 1.29 is 24.2 Å². The summed E-state index contributed by atoms with van der Waals surface area (Å²) in [6.45, 7) is -0.614. The van der Waals surface area contributed by atoms with Crippen LogP contribution in [-0.4, -0.2) is 37.6 Å². The average Bonchev–Trinajstić information content (AvgIpc) is 3.08. The predicted molar refractivity (Wildman–Crippen MR) is 123 cm³/mol. The van der Waals surface area contributed by atoms with Gasteiger partial charge in [-0.1, -0.05) is 41.4 Å². The van der Waals surface area contributed by atoms with Gasteiger partial charge >= 0.3 is 0 Å². The van der Waals surface area contributed by atoms with Gasteiger partial charge in [0.1, 0.15) is 5.56 Å². The molecule has 13 heteroatoms. The fourth-order valence-electron chi connectivity index (χ4n) is 3.64. The fourth-order valence-corrected chi connectivity index (χ4v) is 4.02. The second kappa shape index (κ2) is 9.12. The van der Waals surface area contributed by atoms with Crippen LogP contribution in [-0.2, 0) is 6.54 Å². The molecule has 0 unspecified atom stereocenters. The van der Waals surface area contributed by atoms with Gasteiger partial charge in [0, 0.05) is 17.2 Å². The molecule has 0 N–H and O–H groups in total. The zero-order chi connectivity index (χ0) is 25.4. The molecule has 176 valence electrons. The molecule has 0 bridgehead atoms. The van der Waals surface area contributed by atoms with Crippen molar-refractivity contribution in [2.24, 2.45) is 0 Å². The predicted octanol–water partition coefficient (Wildman–Crippen LogP) is 4.66. The maximum Gasteiger partial charge on any atom is 0.287 e. The number of fused-ring (bicyclic) bond motifs is 1. The van der Waals surface area contributed by atoms with Crippen LogP contribution in [0.4, 0.5) is 11.4 Å². The molecule has 0 aliphatic carbocycles. The van der Waals surface area contributed by atoms with Gasteiger partial charge in [0.2, 0.25) is 0 Å². The lowest BCUT2D eigenvalue weighted by molar-refractivity contribution is -0.385. The highest BCUT2D eigenvalue weighted by molar-refractivity contribution is 6.34. The third-order valence-corrected chi connectivity index (χ3v) is 5.78. The van der Waals surface area contributed by atoms with Gasteiger partial charge < -0.3 is 0 Å². The standard InChI is InChI=1S/C22H12Cl2N4O7/c23-13-9-8-12(18(10-13)28(34)35)11-25(20(29)14-4-1-2-6-16(14)24)26-21(30)15-5-3-7-17(27(32)33)19(15)22(26)31/h1-10H,11H2. The number of hydrogen-bond acceptors (Lipinski definition) is 7. The topological polar surface area (TPSA) is 144 Å². The maximum absolute atomic E-state index is 13.5. The minimum Gasteiger partial charge on any atom is -0.267 e. The van der Waals surface area contributed by atoms with E-state index in [0.29, 0.717) is 10.0 Å². The van der Waals surface area contributed by atoms with Crippen LogP contribution in [0, 0.1) is 20.2 Å². The van der Waals surface area contributed by atoms with E-state index in [1.165, 1.54) is 42.5 Å². The van der Waals surface area contributed by atoms with Crippen LogP contribution in [0.2, 0.25) is 10.0 Å². The molecular formula is C22H12Cl2N4O7. The van der Waals surface area contributed by atoms with Crippen LogP contribution in [0.25, 0.3) is 0 Å². The number of carbonyl (C=O) groups excluding carboxylic acids is 3. The number of imide groups is 1. The summed E-state index contributed by atoms with van der Waals surface area (Å²) in [4.78, 5) is 61.5. The summed E-state index contributed by atoms with van der Waals surface area (Å²) in [5.41, 5.74) is -2.01. The summed E-state index contributed by atoms with van der Waals surface area (Å²) in [5, 5.41) is 24.2. The summed E-state index contributed by atoms with van der Waals surface area (Å²) >= 11 is 12.0. The number of carbonyl (C=O) groups is 3. The summed E-state index contributed by atoms with van der Waals surface area (Å²) in [6, 6.07) is 13.0. The number of benzene rings is 3. The van der Waals surface area contributed by atoms with Gasteiger partial charge in [0.15, 0.2) is 0 Å².